The second kappa shape index (κ2) is 6.59. The Kier molecular flexibility index (Phi) is 4.55. The van der Waals surface area contributed by atoms with E-state index < -0.39 is 0 Å². The SMILES string of the molecule is Cc1nnsc1CN(C)Cc1ccc(Sc2nncn2C)o1. The van der Waals surface area contributed by atoms with E-state index in [2.05, 4.69) is 31.7 Å². The first-order chi connectivity index (χ1) is 10.6. The fourth-order valence-electron chi connectivity index (χ4n) is 1.92. The van der Waals surface area contributed by atoms with Crippen molar-refractivity contribution in [1.29, 1.82) is 0 Å². The third-order valence-corrected chi connectivity index (χ3v) is 4.86. The average molecular weight is 336 g/mol. The Morgan fingerprint density at radius 2 is 2.18 bits per heavy atom. The molecule has 0 unspecified atom stereocenters. The quantitative estimate of drug-likeness (QED) is 0.684. The van der Waals surface area contributed by atoms with Gasteiger partial charge in [0.2, 0.25) is 0 Å². The number of nitrogens with zero attached hydrogens (tertiary/aromatic N) is 6. The molecule has 9 heteroatoms. The van der Waals surface area contributed by atoms with Gasteiger partial charge in [-0.05, 0) is 49.4 Å². The molecular formula is C13H16N6OS2. The van der Waals surface area contributed by atoms with Gasteiger partial charge >= 0.3 is 0 Å². The molecule has 116 valence electrons. The number of rotatable bonds is 6. The van der Waals surface area contributed by atoms with E-state index in [-0.39, 0.29) is 0 Å². The molecule has 0 aromatic carbocycles. The Hall–Kier alpha value is -1.71. The third kappa shape index (κ3) is 3.54. The molecule has 3 heterocycles. The summed E-state index contributed by atoms with van der Waals surface area (Å²) in [6, 6.07) is 3.95. The number of hydrogen-bond acceptors (Lipinski definition) is 8. The van der Waals surface area contributed by atoms with Crippen molar-refractivity contribution in [2.24, 2.45) is 7.05 Å². The van der Waals surface area contributed by atoms with Gasteiger partial charge < -0.3 is 8.98 Å². The summed E-state index contributed by atoms with van der Waals surface area (Å²) in [6.07, 6.45) is 1.67. The van der Waals surface area contributed by atoms with Gasteiger partial charge in [-0.15, -0.1) is 15.3 Å². The van der Waals surface area contributed by atoms with E-state index in [1.807, 2.05) is 30.7 Å². The van der Waals surface area contributed by atoms with Crippen LogP contribution >= 0.6 is 23.3 Å². The standard InChI is InChI=1S/C13H16N6OS2/c1-9-11(22-17-15-9)7-18(2)6-10-4-5-12(20-10)21-13-16-14-8-19(13)3/h4-5,8H,6-7H2,1-3H3. The number of hydrogen-bond donors (Lipinski definition) is 0. The molecule has 0 radical (unpaired) electrons. The van der Waals surface area contributed by atoms with Crippen molar-refractivity contribution in [2.45, 2.75) is 30.3 Å². The van der Waals surface area contributed by atoms with E-state index in [1.165, 1.54) is 28.2 Å². The highest BCUT2D eigenvalue weighted by molar-refractivity contribution is 7.99. The highest BCUT2D eigenvalue weighted by atomic mass is 32.2. The highest BCUT2D eigenvalue weighted by Crippen LogP contribution is 2.27. The molecule has 0 aliphatic heterocycles. The van der Waals surface area contributed by atoms with Crippen molar-refractivity contribution in [2.75, 3.05) is 7.05 Å². The molecule has 0 spiro atoms. The van der Waals surface area contributed by atoms with Crippen LogP contribution in [0.1, 0.15) is 16.3 Å². The van der Waals surface area contributed by atoms with Gasteiger partial charge in [0.1, 0.15) is 12.1 Å². The summed E-state index contributed by atoms with van der Waals surface area (Å²) in [5.74, 6) is 0.919. The maximum Gasteiger partial charge on any atom is 0.198 e. The fraction of sp³-hybridized carbons (Fsp3) is 0.385. The molecule has 3 aromatic heterocycles. The number of aryl methyl sites for hydroxylation is 2. The Morgan fingerprint density at radius 1 is 1.32 bits per heavy atom. The van der Waals surface area contributed by atoms with E-state index >= 15 is 0 Å². The predicted molar refractivity (Wildman–Crippen MR) is 83.7 cm³/mol. The lowest BCUT2D eigenvalue weighted by Gasteiger charge is -2.13. The van der Waals surface area contributed by atoms with Crippen LogP contribution in [0.4, 0.5) is 0 Å². The van der Waals surface area contributed by atoms with Gasteiger partial charge in [-0.25, -0.2) is 0 Å². The Labute approximate surface area is 136 Å². The summed E-state index contributed by atoms with van der Waals surface area (Å²) in [7, 11) is 3.96. The van der Waals surface area contributed by atoms with Gasteiger partial charge in [-0.3, -0.25) is 4.90 Å². The molecule has 0 saturated carbocycles. The molecule has 0 fully saturated rings. The summed E-state index contributed by atoms with van der Waals surface area (Å²) < 4.78 is 11.7. The largest absolute Gasteiger partial charge is 0.453 e. The zero-order chi connectivity index (χ0) is 15.5. The summed E-state index contributed by atoms with van der Waals surface area (Å²) in [6.45, 7) is 3.53. The number of furan rings is 1. The Balaban J connectivity index is 1.59. The first kappa shape index (κ1) is 15.2. The van der Waals surface area contributed by atoms with Crippen LogP contribution in [-0.2, 0) is 20.1 Å². The summed E-state index contributed by atoms with van der Waals surface area (Å²) in [5.41, 5.74) is 0.995. The van der Waals surface area contributed by atoms with Gasteiger partial charge in [0.05, 0.1) is 17.1 Å². The molecule has 0 saturated heterocycles. The zero-order valence-corrected chi connectivity index (χ0v) is 14.2. The van der Waals surface area contributed by atoms with Gasteiger partial charge in [-0.2, -0.15) is 0 Å². The molecule has 0 N–H and O–H groups in total. The molecule has 0 aliphatic carbocycles. The monoisotopic (exact) mass is 336 g/mol. The summed E-state index contributed by atoms with van der Waals surface area (Å²) in [4.78, 5) is 3.36. The lowest BCUT2D eigenvalue weighted by atomic mass is 10.3. The maximum atomic E-state index is 5.84. The van der Waals surface area contributed by atoms with Gasteiger partial charge in [-0.1, -0.05) is 4.49 Å². The van der Waals surface area contributed by atoms with Gasteiger partial charge in [0, 0.05) is 13.6 Å². The first-order valence-corrected chi connectivity index (χ1v) is 8.27. The molecule has 0 amide bonds. The maximum absolute atomic E-state index is 5.84. The van der Waals surface area contributed by atoms with Crippen LogP contribution in [-0.4, -0.2) is 36.3 Å². The van der Waals surface area contributed by atoms with Crippen molar-refractivity contribution >= 4 is 23.3 Å². The minimum Gasteiger partial charge on any atom is -0.453 e. The highest BCUT2D eigenvalue weighted by Gasteiger charge is 2.11. The van der Waals surface area contributed by atoms with E-state index in [0.717, 1.165) is 34.8 Å². The van der Waals surface area contributed by atoms with E-state index in [4.69, 9.17) is 4.42 Å². The normalized spacial score (nSPS) is 11.5. The van der Waals surface area contributed by atoms with E-state index in [9.17, 15) is 0 Å². The van der Waals surface area contributed by atoms with Crippen LogP contribution in [0.5, 0.6) is 0 Å². The minimum absolute atomic E-state index is 0.733. The Morgan fingerprint density at radius 3 is 2.86 bits per heavy atom. The molecule has 0 bridgehead atoms. The van der Waals surface area contributed by atoms with Crippen molar-refractivity contribution in [1.82, 2.24) is 29.3 Å². The lowest BCUT2D eigenvalue weighted by Crippen LogP contribution is -2.16. The second-order valence-corrected chi connectivity index (χ2v) is 6.81. The molecule has 22 heavy (non-hydrogen) atoms. The van der Waals surface area contributed by atoms with Crippen LogP contribution in [0.15, 0.2) is 33.1 Å². The van der Waals surface area contributed by atoms with E-state index in [1.54, 1.807) is 6.33 Å². The van der Waals surface area contributed by atoms with Crippen LogP contribution in [0, 0.1) is 6.92 Å². The molecule has 3 rings (SSSR count). The van der Waals surface area contributed by atoms with Crippen molar-refractivity contribution in [3.05, 3.63) is 34.8 Å². The zero-order valence-electron chi connectivity index (χ0n) is 12.6. The molecular weight excluding hydrogens is 320 g/mol. The first-order valence-electron chi connectivity index (χ1n) is 6.69. The van der Waals surface area contributed by atoms with E-state index in [0.29, 0.717) is 0 Å². The molecule has 3 aromatic rings. The van der Waals surface area contributed by atoms with Crippen LogP contribution in [0.3, 0.4) is 0 Å². The smallest absolute Gasteiger partial charge is 0.198 e. The summed E-state index contributed by atoms with van der Waals surface area (Å²) >= 11 is 2.91. The van der Waals surface area contributed by atoms with Crippen LogP contribution in [0.2, 0.25) is 0 Å². The van der Waals surface area contributed by atoms with Gasteiger partial charge in [0.25, 0.3) is 0 Å². The Bertz CT molecular complexity index is 749. The van der Waals surface area contributed by atoms with Gasteiger partial charge in [0.15, 0.2) is 10.2 Å². The topological polar surface area (TPSA) is 72.9 Å². The van der Waals surface area contributed by atoms with Crippen LogP contribution in [0.25, 0.3) is 0 Å². The third-order valence-electron chi connectivity index (χ3n) is 3.08. The number of aromatic nitrogens is 5. The minimum atomic E-state index is 0.733. The summed E-state index contributed by atoms with van der Waals surface area (Å²) in [5, 5.41) is 13.5. The molecule has 0 aliphatic rings. The van der Waals surface area contributed by atoms with Crippen molar-refractivity contribution in [3.8, 4) is 0 Å². The van der Waals surface area contributed by atoms with Crippen LogP contribution < -0.4 is 0 Å². The molecule has 0 atom stereocenters. The van der Waals surface area contributed by atoms with Crippen molar-refractivity contribution in [3.63, 3.8) is 0 Å². The average Bonchev–Trinajstić information content (AvgIpc) is 3.17. The second-order valence-electron chi connectivity index (χ2n) is 5.00. The predicted octanol–water partition coefficient (Wildman–Crippen LogP) is 2.35. The molecule has 7 nitrogen and oxygen atoms in total. The lowest BCUT2D eigenvalue weighted by molar-refractivity contribution is 0.278. The van der Waals surface area contributed by atoms with Crippen molar-refractivity contribution < 1.29 is 4.42 Å². The fourth-order valence-corrected chi connectivity index (χ4v) is 3.37.